The largest absolute Gasteiger partial charge is 0.492 e. The van der Waals surface area contributed by atoms with Crippen molar-refractivity contribution in [3.63, 3.8) is 0 Å². The number of ether oxygens (including phenoxy) is 1. The molecular formula is C12H9NO4. The molecule has 0 atom stereocenters. The van der Waals surface area contributed by atoms with Gasteiger partial charge in [0.15, 0.2) is 5.76 Å². The van der Waals surface area contributed by atoms with Gasteiger partial charge in [0, 0.05) is 6.42 Å². The maximum atomic E-state index is 11.0. The van der Waals surface area contributed by atoms with E-state index in [0.29, 0.717) is 17.9 Å². The van der Waals surface area contributed by atoms with E-state index in [9.17, 15) is 4.79 Å². The van der Waals surface area contributed by atoms with Crippen molar-refractivity contribution in [3.05, 3.63) is 35.5 Å². The predicted octanol–water partition coefficient (Wildman–Crippen LogP) is 1.97. The van der Waals surface area contributed by atoms with Crippen LogP contribution in [0.3, 0.4) is 0 Å². The van der Waals surface area contributed by atoms with Crippen LogP contribution in [-0.4, -0.2) is 22.8 Å². The molecule has 0 bridgehead atoms. The molecule has 2 heterocycles. The highest BCUT2D eigenvalue weighted by Gasteiger charge is 2.24. The Kier molecular flexibility index (Phi) is 2.11. The van der Waals surface area contributed by atoms with Crippen LogP contribution in [0.5, 0.6) is 5.75 Å². The Morgan fingerprint density at radius 2 is 2.29 bits per heavy atom. The van der Waals surface area contributed by atoms with Crippen LogP contribution in [-0.2, 0) is 6.42 Å². The number of fused-ring (bicyclic) bond motifs is 1. The smallest absolute Gasteiger partial charge is 0.341 e. The molecule has 0 amide bonds. The Bertz CT molecular complexity index is 588. The standard InChI is InChI=1S/C12H9NO4/c14-12(15)9-6-13-17-11(9)8-3-1-2-7-4-5-16-10(7)8/h1-3,6H,4-5H2,(H,14,15). The minimum Gasteiger partial charge on any atom is -0.492 e. The minimum absolute atomic E-state index is 0.0499. The van der Waals surface area contributed by atoms with Gasteiger partial charge >= 0.3 is 5.97 Å². The molecule has 0 saturated heterocycles. The zero-order valence-corrected chi connectivity index (χ0v) is 8.84. The van der Waals surface area contributed by atoms with Crippen LogP contribution in [0.2, 0.25) is 0 Å². The second-order valence-electron chi connectivity index (χ2n) is 3.77. The quantitative estimate of drug-likeness (QED) is 0.855. The van der Waals surface area contributed by atoms with Crippen molar-refractivity contribution in [2.24, 2.45) is 0 Å². The fraction of sp³-hybridized carbons (Fsp3) is 0.167. The lowest BCUT2D eigenvalue weighted by Crippen LogP contribution is -1.97. The number of rotatable bonds is 2. The van der Waals surface area contributed by atoms with Crippen molar-refractivity contribution in [1.82, 2.24) is 5.16 Å². The predicted molar refractivity (Wildman–Crippen MR) is 58.1 cm³/mol. The summed E-state index contributed by atoms with van der Waals surface area (Å²) in [5.74, 6) is -0.111. The van der Waals surface area contributed by atoms with E-state index in [1.165, 1.54) is 6.20 Å². The monoisotopic (exact) mass is 231 g/mol. The molecule has 86 valence electrons. The highest BCUT2D eigenvalue weighted by Crippen LogP contribution is 2.38. The van der Waals surface area contributed by atoms with Crippen molar-refractivity contribution in [3.8, 4) is 17.1 Å². The zero-order valence-electron chi connectivity index (χ0n) is 8.84. The van der Waals surface area contributed by atoms with Crippen LogP contribution in [0.4, 0.5) is 0 Å². The number of aromatic nitrogens is 1. The number of aromatic carboxylic acids is 1. The Morgan fingerprint density at radius 3 is 3.12 bits per heavy atom. The van der Waals surface area contributed by atoms with Crippen LogP contribution in [0.1, 0.15) is 15.9 Å². The molecule has 1 N–H and O–H groups in total. The van der Waals surface area contributed by atoms with Gasteiger partial charge in [-0.05, 0) is 11.6 Å². The van der Waals surface area contributed by atoms with E-state index in [1.807, 2.05) is 12.1 Å². The molecule has 1 aliphatic heterocycles. The normalized spacial score (nSPS) is 13.2. The summed E-state index contributed by atoms with van der Waals surface area (Å²) >= 11 is 0. The number of carbonyl (C=O) groups is 1. The number of carboxylic acid groups (broad SMARTS) is 1. The van der Waals surface area contributed by atoms with E-state index in [-0.39, 0.29) is 11.3 Å². The van der Waals surface area contributed by atoms with E-state index >= 15 is 0 Å². The van der Waals surface area contributed by atoms with Crippen molar-refractivity contribution >= 4 is 5.97 Å². The first-order valence-corrected chi connectivity index (χ1v) is 5.20. The van der Waals surface area contributed by atoms with Crippen LogP contribution < -0.4 is 4.74 Å². The van der Waals surface area contributed by atoms with Crippen molar-refractivity contribution < 1.29 is 19.2 Å². The lowest BCUT2D eigenvalue weighted by Gasteiger charge is -2.05. The van der Waals surface area contributed by atoms with Crippen LogP contribution in [0.25, 0.3) is 11.3 Å². The van der Waals surface area contributed by atoms with E-state index in [2.05, 4.69) is 5.16 Å². The third-order valence-electron chi connectivity index (χ3n) is 2.76. The van der Waals surface area contributed by atoms with Crippen LogP contribution >= 0.6 is 0 Å². The molecular weight excluding hydrogens is 222 g/mol. The van der Waals surface area contributed by atoms with Gasteiger partial charge in [-0.3, -0.25) is 0 Å². The second kappa shape index (κ2) is 3.62. The summed E-state index contributed by atoms with van der Waals surface area (Å²) in [6.07, 6.45) is 2.03. The lowest BCUT2D eigenvalue weighted by molar-refractivity contribution is 0.0697. The summed E-state index contributed by atoms with van der Waals surface area (Å²) < 4.78 is 10.5. The van der Waals surface area contributed by atoms with E-state index in [1.54, 1.807) is 6.07 Å². The average Bonchev–Trinajstić information content (AvgIpc) is 2.97. The Morgan fingerprint density at radius 1 is 1.41 bits per heavy atom. The summed E-state index contributed by atoms with van der Waals surface area (Å²) in [5.41, 5.74) is 1.76. The molecule has 1 aliphatic rings. The minimum atomic E-state index is -1.06. The van der Waals surface area contributed by atoms with Gasteiger partial charge in [0.1, 0.15) is 11.3 Å². The lowest BCUT2D eigenvalue weighted by atomic mass is 10.0. The molecule has 0 fully saturated rings. The molecule has 17 heavy (non-hydrogen) atoms. The van der Waals surface area contributed by atoms with Gasteiger partial charge in [-0.2, -0.15) is 0 Å². The highest BCUT2D eigenvalue weighted by molar-refractivity contribution is 5.94. The topological polar surface area (TPSA) is 72.6 Å². The molecule has 0 spiro atoms. The maximum absolute atomic E-state index is 11.0. The molecule has 5 nitrogen and oxygen atoms in total. The molecule has 1 aromatic heterocycles. The van der Waals surface area contributed by atoms with Gasteiger partial charge < -0.3 is 14.4 Å². The van der Waals surface area contributed by atoms with Crippen molar-refractivity contribution in [1.29, 1.82) is 0 Å². The molecule has 0 unspecified atom stereocenters. The van der Waals surface area contributed by atoms with Gasteiger partial charge in [-0.25, -0.2) is 4.79 Å². The zero-order chi connectivity index (χ0) is 11.8. The van der Waals surface area contributed by atoms with Gasteiger partial charge in [-0.1, -0.05) is 17.3 Å². The molecule has 0 radical (unpaired) electrons. The highest BCUT2D eigenvalue weighted by atomic mass is 16.5. The van der Waals surface area contributed by atoms with E-state index < -0.39 is 5.97 Å². The number of para-hydroxylation sites is 1. The molecule has 0 aliphatic carbocycles. The Hall–Kier alpha value is -2.30. The first-order chi connectivity index (χ1) is 8.27. The summed E-state index contributed by atoms with van der Waals surface area (Å²) in [6, 6.07) is 5.59. The first-order valence-electron chi connectivity index (χ1n) is 5.20. The Labute approximate surface area is 96.6 Å². The summed E-state index contributed by atoms with van der Waals surface area (Å²) in [4.78, 5) is 11.0. The molecule has 3 rings (SSSR count). The number of benzene rings is 1. The number of carboxylic acids is 1. The van der Waals surface area contributed by atoms with Crippen molar-refractivity contribution in [2.75, 3.05) is 6.61 Å². The fourth-order valence-electron chi connectivity index (χ4n) is 1.98. The second-order valence-corrected chi connectivity index (χ2v) is 3.77. The molecule has 2 aromatic rings. The van der Waals surface area contributed by atoms with Crippen LogP contribution in [0.15, 0.2) is 28.9 Å². The van der Waals surface area contributed by atoms with E-state index in [0.717, 1.165) is 12.0 Å². The first kappa shape index (κ1) is 9.89. The SMILES string of the molecule is O=C(O)c1cnoc1-c1cccc2c1OCC2. The molecule has 0 saturated carbocycles. The summed E-state index contributed by atoms with van der Waals surface area (Å²) in [5, 5.41) is 12.6. The van der Waals surface area contributed by atoms with Gasteiger partial charge in [0.25, 0.3) is 0 Å². The van der Waals surface area contributed by atoms with E-state index in [4.69, 9.17) is 14.4 Å². The summed E-state index contributed by atoms with van der Waals surface area (Å²) in [6.45, 7) is 0.614. The number of hydrogen-bond donors (Lipinski definition) is 1. The average molecular weight is 231 g/mol. The maximum Gasteiger partial charge on any atom is 0.341 e. The number of hydrogen-bond acceptors (Lipinski definition) is 4. The van der Waals surface area contributed by atoms with Gasteiger partial charge in [0.2, 0.25) is 0 Å². The summed E-state index contributed by atoms with van der Waals surface area (Å²) in [7, 11) is 0. The molecule has 1 aromatic carbocycles. The van der Waals surface area contributed by atoms with Gasteiger partial charge in [0.05, 0.1) is 18.4 Å². The van der Waals surface area contributed by atoms with Gasteiger partial charge in [-0.15, -0.1) is 0 Å². The molecule has 5 heteroatoms. The van der Waals surface area contributed by atoms with Crippen LogP contribution in [0, 0.1) is 0 Å². The Balaban J connectivity index is 2.19. The van der Waals surface area contributed by atoms with Crippen molar-refractivity contribution in [2.45, 2.75) is 6.42 Å². The number of nitrogens with zero attached hydrogens (tertiary/aromatic N) is 1. The third kappa shape index (κ3) is 1.47. The fourth-order valence-corrected chi connectivity index (χ4v) is 1.98. The third-order valence-corrected chi connectivity index (χ3v) is 2.76.